The average Bonchev–Trinajstić information content (AvgIpc) is 2.76. The summed E-state index contributed by atoms with van der Waals surface area (Å²) in [7, 11) is 0. The van der Waals surface area contributed by atoms with E-state index in [0.717, 1.165) is 6.07 Å². The summed E-state index contributed by atoms with van der Waals surface area (Å²) in [6, 6.07) is 2.04. The lowest BCUT2D eigenvalue weighted by Gasteiger charge is -2.02. The van der Waals surface area contributed by atoms with E-state index in [0.29, 0.717) is 5.69 Å². The van der Waals surface area contributed by atoms with Crippen molar-refractivity contribution in [2.45, 2.75) is 20.8 Å². The first-order valence-electron chi connectivity index (χ1n) is 6.04. The van der Waals surface area contributed by atoms with E-state index in [1.807, 2.05) is 0 Å². The molecule has 0 amide bonds. The molecule has 0 N–H and O–H groups in total. The van der Waals surface area contributed by atoms with Crippen LogP contribution in [-0.2, 0) is 4.74 Å². The zero-order chi connectivity index (χ0) is 14.9. The molecule has 0 aliphatic carbocycles. The highest BCUT2D eigenvalue weighted by Gasteiger charge is 2.21. The maximum absolute atomic E-state index is 13.8. The Labute approximate surface area is 114 Å². The Morgan fingerprint density at radius 3 is 2.65 bits per heavy atom. The SMILES string of the molecule is CCOC(=O)c1oc(-c2cc(C)c(F)cc2F)nc1C. The van der Waals surface area contributed by atoms with Crippen LogP contribution in [-0.4, -0.2) is 17.6 Å². The van der Waals surface area contributed by atoms with Gasteiger partial charge in [-0.05, 0) is 32.4 Å². The Balaban J connectivity index is 2.47. The van der Waals surface area contributed by atoms with Gasteiger partial charge in [0.15, 0.2) is 0 Å². The van der Waals surface area contributed by atoms with Crippen LogP contribution >= 0.6 is 0 Å². The molecular formula is C14H13F2NO3. The summed E-state index contributed by atoms with van der Waals surface area (Å²) in [5.41, 5.74) is 0.553. The Morgan fingerprint density at radius 2 is 2.00 bits per heavy atom. The van der Waals surface area contributed by atoms with E-state index in [4.69, 9.17) is 9.15 Å². The zero-order valence-corrected chi connectivity index (χ0v) is 11.3. The number of benzene rings is 1. The van der Waals surface area contributed by atoms with Gasteiger partial charge in [-0.25, -0.2) is 18.6 Å². The first-order chi connectivity index (χ1) is 9.43. The van der Waals surface area contributed by atoms with E-state index in [1.165, 1.54) is 13.0 Å². The minimum atomic E-state index is -0.801. The summed E-state index contributed by atoms with van der Waals surface area (Å²) >= 11 is 0. The van der Waals surface area contributed by atoms with Crippen molar-refractivity contribution in [3.63, 3.8) is 0 Å². The van der Waals surface area contributed by atoms with Gasteiger partial charge in [0.05, 0.1) is 17.9 Å². The molecular weight excluding hydrogens is 268 g/mol. The number of hydrogen-bond donors (Lipinski definition) is 0. The second kappa shape index (κ2) is 5.40. The van der Waals surface area contributed by atoms with E-state index in [2.05, 4.69) is 4.98 Å². The molecule has 0 spiro atoms. The molecule has 0 radical (unpaired) electrons. The van der Waals surface area contributed by atoms with Gasteiger partial charge in [-0.2, -0.15) is 0 Å². The molecule has 2 aromatic rings. The molecule has 0 saturated carbocycles. The smallest absolute Gasteiger partial charge is 0.376 e. The summed E-state index contributed by atoms with van der Waals surface area (Å²) in [5.74, 6) is -2.28. The summed E-state index contributed by atoms with van der Waals surface area (Å²) < 4.78 is 37.0. The van der Waals surface area contributed by atoms with Crippen molar-refractivity contribution >= 4 is 5.97 Å². The molecule has 6 heteroatoms. The summed E-state index contributed by atoms with van der Waals surface area (Å²) in [6.07, 6.45) is 0. The predicted molar refractivity (Wildman–Crippen MR) is 67.3 cm³/mol. The van der Waals surface area contributed by atoms with Gasteiger partial charge in [0.2, 0.25) is 11.7 Å². The van der Waals surface area contributed by atoms with Gasteiger partial charge in [0, 0.05) is 6.07 Å². The van der Waals surface area contributed by atoms with Gasteiger partial charge in [-0.15, -0.1) is 0 Å². The van der Waals surface area contributed by atoms with Crippen molar-refractivity contribution in [2.24, 2.45) is 0 Å². The third-order valence-corrected chi connectivity index (χ3v) is 2.74. The fourth-order valence-electron chi connectivity index (χ4n) is 1.72. The molecule has 1 aromatic heterocycles. The maximum atomic E-state index is 13.8. The number of halogens is 2. The molecule has 0 saturated heterocycles. The fraction of sp³-hybridized carbons (Fsp3) is 0.286. The highest BCUT2D eigenvalue weighted by molar-refractivity contribution is 5.87. The van der Waals surface area contributed by atoms with Crippen molar-refractivity contribution in [3.8, 4) is 11.5 Å². The van der Waals surface area contributed by atoms with Crippen LogP contribution in [0.2, 0.25) is 0 Å². The van der Waals surface area contributed by atoms with E-state index in [1.54, 1.807) is 13.8 Å². The maximum Gasteiger partial charge on any atom is 0.376 e. The molecule has 2 rings (SSSR count). The lowest BCUT2D eigenvalue weighted by atomic mass is 10.1. The Hall–Kier alpha value is -2.24. The molecule has 0 unspecified atom stereocenters. The van der Waals surface area contributed by atoms with Crippen LogP contribution in [0, 0.1) is 25.5 Å². The number of rotatable bonds is 3. The van der Waals surface area contributed by atoms with Gasteiger partial charge < -0.3 is 9.15 Å². The topological polar surface area (TPSA) is 52.3 Å². The van der Waals surface area contributed by atoms with Crippen molar-refractivity contribution in [2.75, 3.05) is 6.61 Å². The number of aromatic nitrogens is 1. The summed E-state index contributed by atoms with van der Waals surface area (Å²) in [6.45, 7) is 4.90. The van der Waals surface area contributed by atoms with Gasteiger partial charge in [0.25, 0.3) is 0 Å². The van der Waals surface area contributed by atoms with Crippen LogP contribution in [0.15, 0.2) is 16.5 Å². The third-order valence-electron chi connectivity index (χ3n) is 2.74. The van der Waals surface area contributed by atoms with Gasteiger partial charge in [0.1, 0.15) is 11.6 Å². The first-order valence-corrected chi connectivity index (χ1v) is 6.04. The van der Waals surface area contributed by atoms with E-state index < -0.39 is 17.6 Å². The van der Waals surface area contributed by atoms with E-state index in [-0.39, 0.29) is 29.4 Å². The number of ether oxygens (including phenoxy) is 1. The number of hydrogen-bond acceptors (Lipinski definition) is 4. The van der Waals surface area contributed by atoms with Crippen molar-refractivity contribution in [1.82, 2.24) is 4.98 Å². The molecule has 0 fully saturated rings. The Bertz CT molecular complexity index is 665. The molecule has 1 heterocycles. The van der Waals surface area contributed by atoms with Gasteiger partial charge >= 0.3 is 5.97 Å². The summed E-state index contributed by atoms with van der Waals surface area (Å²) in [4.78, 5) is 15.6. The molecule has 0 aliphatic rings. The van der Waals surface area contributed by atoms with E-state index >= 15 is 0 Å². The lowest BCUT2D eigenvalue weighted by Crippen LogP contribution is -2.04. The second-order valence-electron chi connectivity index (χ2n) is 4.24. The van der Waals surface area contributed by atoms with Crippen LogP contribution in [0.3, 0.4) is 0 Å². The number of oxazole rings is 1. The normalized spacial score (nSPS) is 10.7. The van der Waals surface area contributed by atoms with Crippen LogP contribution in [0.1, 0.15) is 28.7 Å². The molecule has 0 aliphatic heterocycles. The fourth-order valence-corrected chi connectivity index (χ4v) is 1.72. The highest BCUT2D eigenvalue weighted by atomic mass is 19.1. The number of carbonyl (C=O) groups is 1. The highest BCUT2D eigenvalue weighted by Crippen LogP contribution is 2.27. The number of carbonyl (C=O) groups excluding carboxylic acids is 1. The minimum absolute atomic E-state index is 0.00236. The quantitative estimate of drug-likeness (QED) is 0.809. The lowest BCUT2D eigenvalue weighted by molar-refractivity contribution is 0.0490. The van der Waals surface area contributed by atoms with Crippen molar-refractivity contribution in [3.05, 3.63) is 40.8 Å². The predicted octanol–water partition coefficient (Wildman–Crippen LogP) is 3.41. The van der Waals surface area contributed by atoms with Crippen LogP contribution in [0.5, 0.6) is 0 Å². The van der Waals surface area contributed by atoms with Gasteiger partial charge in [-0.3, -0.25) is 0 Å². The monoisotopic (exact) mass is 281 g/mol. The van der Waals surface area contributed by atoms with Crippen LogP contribution in [0.4, 0.5) is 8.78 Å². The van der Waals surface area contributed by atoms with Gasteiger partial charge in [-0.1, -0.05) is 0 Å². The molecule has 20 heavy (non-hydrogen) atoms. The Kier molecular flexibility index (Phi) is 3.83. The average molecular weight is 281 g/mol. The standard InChI is InChI=1S/C14H13F2NO3/c1-4-19-14(18)12-8(3)17-13(20-12)9-5-7(2)10(15)6-11(9)16/h5-6H,4H2,1-3H3. The molecule has 0 bridgehead atoms. The second-order valence-corrected chi connectivity index (χ2v) is 4.24. The number of nitrogens with zero attached hydrogens (tertiary/aromatic N) is 1. The minimum Gasteiger partial charge on any atom is -0.460 e. The summed E-state index contributed by atoms with van der Waals surface area (Å²) in [5, 5.41) is 0. The van der Waals surface area contributed by atoms with Crippen LogP contribution in [0.25, 0.3) is 11.5 Å². The third kappa shape index (κ3) is 2.54. The Morgan fingerprint density at radius 1 is 1.30 bits per heavy atom. The van der Waals surface area contributed by atoms with E-state index in [9.17, 15) is 13.6 Å². The molecule has 4 nitrogen and oxygen atoms in total. The number of esters is 1. The van der Waals surface area contributed by atoms with Crippen molar-refractivity contribution < 1.29 is 22.7 Å². The van der Waals surface area contributed by atoms with Crippen LogP contribution < -0.4 is 0 Å². The first kappa shape index (κ1) is 14.2. The van der Waals surface area contributed by atoms with Crippen molar-refractivity contribution in [1.29, 1.82) is 0 Å². The molecule has 1 aromatic carbocycles. The molecule has 0 atom stereocenters. The largest absolute Gasteiger partial charge is 0.460 e. The number of aryl methyl sites for hydroxylation is 2. The zero-order valence-electron chi connectivity index (χ0n) is 11.3. The molecule has 106 valence electrons.